The summed E-state index contributed by atoms with van der Waals surface area (Å²) < 4.78 is 28.3. The monoisotopic (exact) mass is 399 g/mol. The molecule has 0 aliphatic heterocycles. The van der Waals surface area contributed by atoms with Crippen LogP contribution < -0.4 is 5.73 Å². The molecule has 25 heavy (non-hydrogen) atoms. The van der Waals surface area contributed by atoms with Crippen LogP contribution in [0.1, 0.15) is 16.0 Å². The minimum Gasteiger partial charge on any atom is -0.333 e. The van der Waals surface area contributed by atoms with Crippen molar-refractivity contribution < 1.29 is 12.9 Å². The summed E-state index contributed by atoms with van der Waals surface area (Å²) in [6, 6.07) is 9.43. The molecule has 0 spiro atoms. The van der Waals surface area contributed by atoms with E-state index in [1.54, 1.807) is 6.07 Å². The van der Waals surface area contributed by atoms with E-state index in [2.05, 4.69) is 10.1 Å². The van der Waals surface area contributed by atoms with Crippen LogP contribution in [0.15, 0.2) is 34.9 Å². The van der Waals surface area contributed by atoms with E-state index in [0.29, 0.717) is 18.3 Å². The Bertz CT molecular complexity index is 963. The van der Waals surface area contributed by atoms with Gasteiger partial charge in [0, 0.05) is 23.2 Å². The van der Waals surface area contributed by atoms with E-state index in [1.165, 1.54) is 17.6 Å². The van der Waals surface area contributed by atoms with Crippen molar-refractivity contribution in [3.8, 4) is 22.2 Å². The van der Waals surface area contributed by atoms with Gasteiger partial charge in [-0.05, 0) is 24.1 Å². The lowest BCUT2D eigenvalue weighted by molar-refractivity contribution is 0.433. The van der Waals surface area contributed by atoms with E-state index in [1.807, 2.05) is 31.2 Å². The molecule has 0 fully saturated rings. The van der Waals surface area contributed by atoms with Crippen molar-refractivity contribution in [1.29, 1.82) is 0 Å². The zero-order valence-electron chi connectivity index (χ0n) is 13.7. The molecule has 3 rings (SSSR count). The minimum absolute atomic E-state index is 0. The number of thiophene rings is 1. The fourth-order valence-corrected chi connectivity index (χ4v) is 4.20. The van der Waals surface area contributed by atoms with Gasteiger partial charge in [-0.15, -0.1) is 23.7 Å². The molecule has 1 aromatic carbocycles. The summed E-state index contributed by atoms with van der Waals surface area (Å²) in [5.41, 5.74) is 8.22. The largest absolute Gasteiger partial charge is 0.333 e. The summed E-state index contributed by atoms with van der Waals surface area (Å²) in [6.07, 6.45) is 1.22. The van der Waals surface area contributed by atoms with Gasteiger partial charge in [0.05, 0.1) is 10.6 Å². The molecule has 0 saturated heterocycles. The molecule has 0 radical (unpaired) electrons. The van der Waals surface area contributed by atoms with Crippen LogP contribution in [0.25, 0.3) is 22.2 Å². The van der Waals surface area contributed by atoms with Gasteiger partial charge in [0.2, 0.25) is 5.82 Å². The average Bonchev–Trinajstić information content (AvgIpc) is 3.14. The maximum absolute atomic E-state index is 11.5. The van der Waals surface area contributed by atoms with Gasteiger partial charge < -0.3 is 10.3 Å². The van der Waals surface area contributed by atoms with Gasteiger partial charge in [-0.3, -0.25) is 0 Å². The first-order valence-corrected chi connectivity index (χ1v) is 10.1. The summed E-state index contributed by atoms with van der Waals surface area (Å²) in [6.45, 7) is 2.37. The fourth-order valence-electron chi connectivity index (χ4n) is 2.28. The number of rotatable bonds is 5. The van der Waals surface area contributed by atoms with Crippen molar-refractivity contribution in [2.45, 2.75) is 19.2 Å². The quantitative estimate of drug-likeness (QED) is 0.707. The van der Waals surface area contributed by atoms with Crippen LogP contribution in [-0.2, 0) is 22.1 Å². The number of nitrogens with two attached hydrogens (primary N) is 1. The first kappa shape index (κ1) is 19.6. The normalized spacial score (nSPS) is 11.3. The van der Waals surface area contributed by atoms with Crippen LogP contribution in [0, 0.1) is 6.92 Å². The maximum atomic E-state index is 11.5. The molecule has 0 atom stereocenters. The highest BCUT2D eigenvalue weighted by molar-refractivity contribution is 7.89. The van der Waals surface area contributed by atoms with Gasteiger partial charge in [0.25, 0.3) is 5.89 Å². The van der Waals surface area contributed by atoms with Crippen LogP contribution in [0.3, 0.4) is 0 Å². The van der Waals surface area contributed by atoms with Crippen LogP contribution in [0.2, 0.25) is 0 Å². The molecule has 6 nitrogen and oxygen atoms in total. The highest BCUT2D eigenvalue weighted by Gasteiger charge is 2.17. The van der Waals surface area contributed by atoms with E-state index in [-0.39, 0.29) is 18.2 Å². The van der Waals surface area contributed by atoms with Crippen LogP contribution in [-0.4, -0.2) is 24.8 Å². The Morgan fingerprint density at radius 1 is 1.24 bits per heavy atom. The molecule has 0 bridgehead atoms. The second-order valence-electron chi connectivity index (χ2n) is 5.59. The maximum Gasteiger partial charge on any atom is 0.268 e. The first-order valence-electron chi connectivity index (χ1n) is 7.26. The van der Waals surface area contributed by atoms with Gasteiger partial charge in [0.15, 0.2) is 9.84 Å². The predicted molar refractivity (Wildman–Crippen MR) is 101 cm³/mol. The van der Waals surface area contributed by atoms with Gasteiger partial charge in [-0.2, -0.15) is 4.98 Å². The Hall–Kier alpha value is -1.74. The second kappa shape index (κ2) is 7.65. The minimum atomic E-state index is -3.08. The summed E-state index contributed by atoms with van der Waals surface area (Å²) in [5, 5.41) is 4.00. The summed E-state index contributed by atoms with van der Waals surface area (Å²) in [5.74, 6) is 0.890. The Labute approximate surface area is 156 Å². The van der Waals surface area contributed by atoms with Crippen molar-refractivity contribution in [2.24, 2.45) is 5.73 Å². The Morgan fingerprint density at radius 3 is 2.52 bits per heavy atom. The van der Waals surface area contributed by atoms with Crippen molar-refractivity contribution in [3.05, 3.63) is 46.3 Å². The zero-order chi connectivity index (χ0) is 17.3. The highest BCUT2D eigenvalue weighted by Crippen LogP contribution is 2.32. The lowest BCUT2D eigenvalue weighted by atomic mass is 10.1. The molecule has 0 aliphatic rings. The second-order valence-corrected chi connectivity index (χ2v) is 8.98. The molecule has 3 aromatic rings. The SMILES string of the molecule is Cc1sc(-c2nc(-c3ccc(CN)cc3)no2)cc1CS(C)(=O)=O.Cl. The Morgan fingerprint density at radius 2 is 1.92 bits per heavy atom. The van der Waals surface area contributed by atoms with Crippen LogP contribution in [0.5, 0.6) is 0 Å². The van der Waals surface area contributed by atoms with E-state index < -0.39 is 9.84 Å². The van der Waals surface area contributed by atoms with Crippen LogP contribution in [0.4, 0.5) is 0 Å². The molecule has 0 unspecified atom stereocenters. The lowest BCUT2D eigenvalue weighted by Gasteiger charge is -1.97. The van der Waals surface area contributed by atoms with E-state index in [0.717, 1.165) is 26.4 Å². The standard InChI is InChI=1S/C16H17N3O3S2.ClH/c1-10-13(9-24(2,20)21)7-14(23-10)16-18-15(19-22-16)12-5-3-11(8-17)4-6-12;/h3-7H,8-9,17H2,1-2H3;1H. The summed E-state index contributed by atoms with van der Waals surface area (Å²) >= 11 is 1.45. The Kier molecular flexibility index (Phi) is 5.99. The van der Waals surface area contributed by atoms with Crippen molar-refractivity contribution >= 4 is 33.6 Å². The molecule has 2 aromatic heterocycles. The van der Waals surface area contributed by atoms with Crippen molar-refractivity contribution in [3.63, 3.8) is 0 Å². The number of hydrogen-bond acceptors (Lipinski definition) is 7. The fraction of sp³-hybridized carbons (Fsp3) is 0.250. The third kappa shape index (κ3) is 4.66. The number of benzene rings is 1. The topological polar surface area (TPSA) is 99.1 Å². The number of nitrogens with zero attached hydrogens (tertiary/aromatic N) is 2. The van der Waals surface area contributed by atoms with Crippen molar-refractivity contribution in [2.75, 3.05) is 6.26 Å². The van der Waals surface area contributed by atoms with Gasteiger partial charge in [0.1, 0.15) is 0 Å². The van der Waals surface area contributed by atoms with Crippen LogP contribution >= 0.6 is 23.7 Å². The smallest absolute Gasteiger partial charge is 0.268 e. The molecule has 134 valence electrons. The number of aromatic nitrogens is 2. The first-order chi connectivity index (χ1) is 11.4. The molecule has 0 amide bonds. The van der Waals surface area contributed by atoms with Gasteiger partial charge in [-0.25, -0.2) is 8.42 Å². The van der Waals surface area contributed by atoms with E-state index in [4.69, 9.17) is 10.3 Å². The number of aryl methyl sites for hydroxylation is 1. The van der Waals surface area contributed by atoms with E-state index >= 15 is 0 Å². The number of halogens is 1. The zero-order valence-corrected chi connectivity index (χ0v) is 16.2. The number of sulfone groups is 1. The summed E-state index contributed by atoms with van der Waals surface area (Å²) in [7, 11) is -3.08. The third-order valence-electron chi connectivity index (χ3n) is 3.52. The van der Waals surface area contributed by atoms with Crippen molar-refractivity contribution in [1.82, 2.24) is 10.1 Å². The predicted octanol–water partition coefficient (Wildman–Crippen LogP) is 3.20. The molecule has 9 heteroatoms. The molecule has 0 aliphatic carbocycles. The summed E-state index contributed by atoms with van der Waals surface area (Å²) in [4.78, 5) is 6.11. The lowest BCUT2D eigenvalue weighted by Crippen LogP contribution is -2.00. The van der Waals surface area contributed by atoms with Gasteiger partial charge >= 0.3 is 0 Å². The third-order valence-corrected chi connectivity index (χ3v) is 5.44. The molecule has 2 N–H and O–H groups in total. The average molecular weight is 400 g/mol. The van der Waals surface area contributed by atoms with Gasteiger partial charge in [-0.1, -0.05) is 29.4 Å². The Balaban J connectivity index is 0.00000225. The highest BCUT2D eigenvalue weighted by atomic mass is 35.5. The molecular weight excluding hydrogens is 382 g/mol. The van der Waals surface area contributed by atoms with E-state index in [9.17, 15) is 8.42 Å². The molecule has 0 saturated carbocycles. The molecule has 2 heterocycles. The molecular formula is C16H18ClN3O3S2. The number of hydrogen-bond donors (Lipinski definition) is 1.